The van der Waals surface area contributed by atoms with Crippen molar-refractivity contribution in [3.63, 3.8) is 0 Å². The number of rotatable bonds is 3. The van der Waals surface area contributed by atoms with Gasteiger partial charge in [0, 0.05) is 15.6 Å². The maximum Gasteiger partial charge on any atom is 0.127 e. The molecule has 2 nitrogen and oxygen atoms in total. The van der Waals surface area contributed by atoms with Crippen molar-refractivity contribution >= 4 is 28.8 Å². The molecule has 0 aliphatic carbocycles. The zero-order valence-corrected chi connectivity index (χ0v) is 12.1. The van der Waals surface area contributed by atoms with Gasteiger partial charge in [0.05, 0.1) is 0 Å². The molecule has 1 aliphatic rings. The summed E-state index contributed by atoms with van der Waals surface area (Å²) in [4.78, 5) is 0. The highest BCUT2D eigenvalue weighted by Gasteiger charge is 2.14. The van der Waals surface area contributed by atoms with Crippen molar-refractivity contribution in [1.82, 2.24) is 0 Å². The van der Waals surface area contributed by atoms with Crippen molar-refractivity contribution in [2.75, 3.05) is 13.2 Å². The Kier molecular flexibility index (Phi) is 3.86. The first-order valence-electron chi connectivity index (χ1n) is 6.22. The van der Waals surface area contributed by atoms with Crippen LogP contribution in [0.15, 0.2) is 48.5 Å². The van der Waals surface area contributed by atoms with E-state index in [4.69, 9.17) is 32.7 Å². The van der Waals surface area contributed by atoms with Crippen LogP contribution in [0.1, 0.15) is 5.56 Å². The zero-order valence-electron chi connectivity index (χ0n) is 10.6. The third kappa shape index (κ3) is 2.92. The van der Waals surface area contributed by atoms with Gasteiger partial charge in [-0.25, -0.2) is 0 Å². The van der Waals surface area contributed by atoms with Crippen LogP contribution in [0.5, 0.6) is 11.5 Å². The molecule has 4 heteroatoms. The molecular formula is C16H12Cl2O2. The van der Waals surface area contributed by atoms with Gasteiger partial charge in [-0.15, -0.1) is 0 Å². The molecule has 0 fully saturated rings. The monoisotopic (exact) mass is 306 g/mol. The molecule has 0 atom stereocenters. The lowest BCUT2D eigenvalue weighted by molar-refractivity contribution is 0.343. The Labute approximate surface area is 127 Å². The van der Waals surface area contributed by atoms with E-state index in [2.05, 4.69) is 0 Å². The first-order valence-corrected chi connectivity index (χ1v) is 6.98. The van der Waals surface area contributed by atoms with Crippen LogP contribution in [-0.4, -0.2) is 13.2 Å². The van der Waals surface area contributed by atoms with Crippen LogP contribution in [0.2, 0.25) is 10.0 Å². The molecule has 0 unspecified atom stereocenters. The largest absolute Gasteiger partial charge is 0.489 e. The summed E-state index contributed by atoms with van der Waals surface area (Å²) in [5.41, 5.74) is 2.06. The Bertz CT molecular complexity index is 648. The second-order valence-corrected chi connectivity index (χ2v) is 5.30. The first-order chi connectivity index (χ1) is 9.72. The highest BCUT2D eigenvalue weighted by atomic mass is 35.5. The Morgan fingerprint density at radius 2 is 1.75 bits per heavy atom. The van der Waals surface area contributed by atoms with Crippen molar-refractivity contribution in [3.05, 3.63) is 64.1 Å². The average Bonchev–Trinajstić information content (AvgIpc) is 2.47. The molecule has 0 bridgehead atoms. The number of halogens is 2. The minimum atomic E-state index is 0.471. The van der Waals surface area contributed by atoms with E-state index in [0.29, 0.717) is 23.3 Å². The van der Waals surface area contributed by atoms with Crippen molar-refractivity contribution in [2.24, 2.45) is 0 Å². The predicted octanol–water partition coefficient (Wildman–Crippen LogP) is 4.85. The van der Waals surface area contributed by atoms with E-state index in [9.17, 15) is 0 Å². The van der Waals surface area contributed by atoms with Gasteiger partial charge in [-0.1, -0.05) is 23.2 Å². The van der Waals surface area contributed by atoms with Gasteiger partial charge in [0.15, 0.2) is 0 Å². The van der Waals surface area contributed by atoms with Crippen LogP contribution in [0.4, 0.5) is 0 Å². The quantitative estimate of drug-likeness (QED) is 0.807. The van der Waals surface area contributed by atoms with E-state index in [1.54, 1.807) is 12.1 Å². The van der Waals surface area contributed by atoms with Crippen molar-refractivity contribution < 1.29 is 9.47 Å². The molecule has 0 N–H and O–H groups in total. The predicted molar refractivity (Wildman–Crippen MR) is 81.9 cm³/mol. The molecular weight excluding hydrogens is 295 g/mol. The van der Waals surface area contributed by atoms with Gasteiger partial charge >= 0.3 is 0 Å². The van der Waals surface area contributed by atoms with Crippen LogP contribution in [0.3, 0.4) is 0 Å². The van der Waals surface area contributed by atoms with Gasteiger partial charge in [0.1, 0.15) is 24.7 Å². The highest BCUT2D eigenvalue weighted by Crippen LogP contribution is 2.32. The smallest absolute Gasteiger partial charge is 0.127 e. The molecule has 0 saturated heterocycles. The molecule has 0 spiro atoms. The summed E-state index contributed by atoms with van der Waals surface area (Å²) in [6, 6.07) is 12.9. The average molecular weight is 307 g/mol. The minimum absolute atomic E-state index is 0.471. The van der Waals surface area contributed by atoms with Gasteiger partial charge in [0.25, 0.3) is 0 Å². The molecule has 20 heavy (non-hydrogen) atoms. The van der Waals surface area contributed by atoms with E-state index in [1.165, 1.54) is 0 Å². The fraction of sp³-hybridized carbons (Fsp3) is 0.125. The van der Waals surface area contributed by atoms with Crippen molar-refractivity contribution in [2.45, 2.75) is 0 Å². The Balaban J connectivity index is 1.77. The fourth-order valence-electron chi connectivity index (χ4n) is 2.05. The molecule has 1 heterocycles. The lowest BCUT2D eigenvalue weighted by atomic mass is 10.0. The Morgan fingerprint density at radius 3 is 2.55 bits per heavy atom. The van der Waals surface area contributed by atoms with Crippen LogP contribution < -0.4 is 9.47 Å². The van der Waals surface area contributed by atoms with E-state index in [-0.39, 0.29) is 0 Å². The van der Waals surface area contributed by atoms with Crippen LogP contribution in [0, 0.1) is 0 Å². The normalized spacial score (nSPS) is 13.2. The van der Waals surface area contributed by atoms with E-state index >= 15 is 0 Å². The third-order valence-electron chi connectivity index (χ3n) is 3.06. The molecule has 0 amide bonds. The van der Waals surface area contributed by atoms with Crippen LogP contribution in [-0.2, 0) is 0 Å². The van der Waals surface area contributed by atoms with Gasteiger partial charge in [-0.05, 0) is 54.1 Å². The summed E-state index contributed by atoms with van der Waals surface area (Å²) >= 11 is 11.9. The Morgan fingerprint density at radius 1 is 1.00 bits per heavy atom. The summed E-state index contributed by atoms with van der Waals surface area (Å²) in [6.07, 6.45) is 2.01. The first kappa shape index (κ1) is 13.3. The number of benzene rings is 2. The molecule has 2 aromatic carbocycles. The summed E-state index contributed by atoms with van der Waals surface area (Å²) in [5, 5.41) is 1.38. The summed E-state index contributed by atoms with van der Waals surface area (Å²) in [5.74, 6) is 1.62. The maximum atomic E-state index is 6.04. The van der Waals surface area contributed by atoms with Gasteiger partial charge in [-0.2, -0.15) is 0 Å². The fourth-order valence-corrected chi connectivity index (χ4v) is 2.35. The SMILES string of the molecule is Clc1ccc(OCC2=CCOc3ccc(Cl)cc32)cc1. The van der Waals surface area contributed by atoms with Crippen LogP contribution >= 0.6 is 23.2 Å². The summed E-state index contributed by atoms with van der Waals surface area (Å²) in [6.45, 7) is 1.02. The van der Waals surface area contributed by atoms with Crippen molar-refractivity contribution in [1.29, 1.82) is 0 Å². The lowest BCUT2D eigenvalue weighted by Crippen LogP contribution is -2.09. The Hall–Kier alpha value is -1.64. The van der Waals surface area contributed by atoms with Gasteiger partial charge in [0.2, 0.25) is 0 Å². The van der Waals surface area contributed by atoms with E-state index in [1.807, 2.05) is 36.4 Å². The number of hydrogen-bond donors (Lipinski definition) is 0. The second-order valence-electron chi connectivity index (χ2n) is 4.42. The zero-order chi connectivity index (χ0) is 13.9. The topological polar surface area (TPSA) is 18.5 Å². The third-order valence-corrected chi connectivity index (χ3v) is 3.55. The second kappa shape index (κ2) is 5.78. The van der Waals surface area contributed by atoms with Gasteiger partial charge in [-0.3, -0.25) is 0 Å². The maximum absolute atomic E-state index is 6.04. The van der Waals surface area contributed by atoms with E-state index < -0.39 is 0 Å². The molecule has 3 rings (SSSR count). The van der Waals surface area contributed by atoms with Crippen LogP contribution in [0.25, 0.3) is 5.57 Å². The molecule has 2 aromatic rings. The molecule has 0 saturated carbocycles. The molecule has 102 valence electrons. The molecule has 0 aromatic heterocycles. The summed E-state index contributed by atoms with van der Waals surface area (Å²) < 4.78 is 11.3. The van der Waals surface area contributed by atoms with E-state index in [0.717, 1.165) is 22.6 Å². The number of hydrogen-bond acceptors (Lipinski definition) is 2. The molecule has 0 radical (unpaired) electrons. The lowest BCUT2D eigenvalue weighted by Gasteiger charge is -2.19. The standard InChI is InChI=1S/C16H12Cl2O2/c17-12-1-4-14(5-2-12)20-10-11-7-8-19-16-6-3-13(18)9-15(11)16/h1-7,9H,8,10H2. The number of fused-ring (bicyclic) bond motifs is 1. The highest BCUT2D eigenvalue weighted by molar-refractivity contribution is 6.31. The molecule has 1 aliphatic heterocycles. The number of ether oxygens (including phenoxy) is 2. The van der Waals surface area contributed by atoms with Gasteiger partial charge < -0.3 is 9.47 Å². The summed E-state index contributed by atoms with van der Waals surface area (Å²) in [7, 11) is 0. The van der Waals surface area contributed by atoms with Crippen molar-refractivity contribution in [3.8, 4) is 11.5 Å². The minimum Gasteiger partial charge on any atom is -0.489 e.